The largest absolute Gasteiger partial charge is 0.423 e. The zero-order valence-electron chi connectivity index (χ0n) is 12.2. The summed E-state index contributed by atoms with van der Waals surface area (Å²) in [5.74, 6) is 0.132. The summed E-state index contributed by atoms with van der Waals surface area (Å²) in [6, 6.07) is 17.1. The zero-order chi connectivity index (χ0) is 15.4. The van der Waals surface area contributed by atoms with E-state index in [1.165, 1.54) is 6.08 Å². The van der Waals surface area contributed by atoms with Crippen molar-refractivity contribution in [1.82, 2.24) is 4.98 Å². The molecule has 0 aliphatic rings. The van der Waals surface area contributed by atoms with Gasteiger partial charge < -0.3 is 4.74 Å². The maximum absolute atomic E-state index is 11.9. The number of nitrogens with zero attached hydrogens (tertiary/aromatic N) is 1. The second-order valence-corrected chi connectivity index (χ2v) is 4.99. The summed E-state index contributed by atoms with van der Waals surface area (Å²) in [6.45, 7) is 1.99. The molecule has 3 rings (SSSR count). The number of benzene rings is 2. The number of fused-ring (bicyclic) bond motifs is 1. The second-order valence-electron chi connectivity index (χ2n) is 4.99. The molecule has 0 saturated heterocycles. The Morgan fingerprint density at radius 1 is 1.05 bits per heavy atom. The van der Waals surface area contributed by atoms with Crippen LogP contribution in [-0.4, -0.2) is 11.0 Å². The SMILES string of the molecule is Cc1ccc(OC(=O)/C=C/c2cccc3cccnc23)cc1. The maximum atomic E-state index is 11.9. The number of rotatable bonds is 3. The van der Waals surface area contributed by atoms with Crippen molar-refractivity contribution in [2.45, 2.75) is 6.92 Å². The molecule has 108 valence electrons. The molecule has 3 aromatic rings. The first kappa shape index (κ1) is 14.0. The molecule has 0 N–H and O–H groups in total. The van der Waals surface area contributed by atoms with Gasteiger partial charge in [-0.3, -0.25) is 4.98 Å². The lowest BCUT2D eigenvalue weighted by atomic mass is 10.1. The first-order valence-electron chi connectivity index (χ1n) is 7.03. The van der Waals surface area contributed by atoms with Gasteiger partial charge >= 0.3 is 5.97 Å². The average molecular weight is 289 g/mol. The van der Waals surface area contributed by atoms with Crippen molar-refractivity contribution in [2.24, 2.45) is 0 Å². The van der Waals surface area contributed by atoms with Crippen LogP contribution < -0.4 is 4.74 Å². The fourth-order valence-corrected chi connectivity index (χ4v) is 2.18. The van der Waals surface area contributed by atoms with Gasteiger partial charge in [0, 0.05) is 23.2 Å². The third-order valence-electron chi connectivity index (χ3n) is 3.30. The molecule has 0 unspecified atom stereocenters. The van der Waals surface area contributed by atoms with Crippen molar-refractivity contribution in [2.75, 3.05) is 0 Å². The van der Waals surface area contributed by atoms with Gasteiger partial charge in [0.2, 0.25) is 0 Å². The maximum Gasteiger partial charge on any atom is 0.336 e. The molecule has 2 aromatic carbocycles. The Morgan fingerprint density at radius 3 is 2.64 bits per heavy atom. The fraction of sp³-hybridized carbons (Fsp3) is 0.0526. The second kappa shape index (κ2) is 6.22. The van der Waals surface area contributed by atoms with Gasteiger partial charge in [0.1, 0.15) is 5.75 Å². The van der Waals surface area contributed by atoms with Crippen LogP contribution in [0, 0.1) is 6.92 Å². The Labute approximate surface area is 128 Å². The van der Waals surface area contributed by atoms with Gasteiger partial charge in [-0.1, -0.05) is 42.0 Å². The summed E-state index contributed by atoms with van der Waals surface area (Å²) < 4.78 is 5.26. The third-order valence-corrected chi connectivity index (χ3v) is 3.30. The Morgan fingerprint density at radius 2 is 1.82 bits per heavy atom. The molecule has 0 bridgehead atoms. The quantitative estimate of drug-likeness (QED) is 0.413. The van der Waals surface area contributed by atoms with Crippen molar-refractivity contribution >= 4 is 22.9 Å². The van der Waals surface area contributed by atoms with Crippen LogP contribution in [0.3, 0.4) is 0 Å². The highest BCUT2D eigenvalue weighted by Crippen LogP contribution is 2.17. The number of carbonyl (C=O) groups excluding carboxylic acids is 1. The zero-order valence-corrected chi connectivity index (χ0v) is 12.2. The summed E-state index contributed by atoms with van der Waals surface area (Å²) in [6.07, 6.45) is 4.89. The van der Waals surface area contributed by atoms with Gasteiger partial charge in [-0.2, -0.15) is 0 Å². The smallest absolute Gasteiger partial charge is 0.336 e. The summed E-state index contributed by atoms with van der Waals surface area (Å²) in [5, 5.41) is 1.04. The van der Waals surface area contributed by atoms with Gasteiger partial charge in [-0.25, -0.2) is 4.79 Å². The van der Waals surface area contributed by atoms with Crippen LogP contribution in [0.1, 0.15) is 11.1 Å². The van der Waals surface area contributed by atoms with Crippen molar-refractivity contribution in [3.05, 3.63) is 78.0 Å². The van der Waals surface area contributed by atoms with E-state index in [2.05, 4.69) is 4.98 Å². The van der Waals surface area contributed by atoms with Crippen LogP contribution in [0.4, 0.5) is 0 Å². The Kier molecular flexibility index (Phi) is 3.97. The minimum atomic E-state index is -0.406. The van der Waals surface area contributed by atoms with Gasteiger partial charge in [-0.05, 0) is 31.2 Å². The highest BCUT2D eigenvalue weighted by atomic mass is 16.5. The normalized spacial score (nSPS) is 11.0. The van der Waals surface area contributed by atoms with E-state index in [1.54, 1.807) is 24.4 Å². The van der Waals surface area contributed by atoms with Crippen LogP contribution in [-0.2, 0) is 4.79 Å². The van der Waals surface area contributed by atoms with Crippen LogP contribution in [0.15, 0.2) is 66.9 Å². The summed E-state index contributed by atoms with van der Waals surface area (Å²) in [5.41, 5.74) is 2.88. The lowest BCUT2D eigenvalue weighted by molar-refractivity contribution is -0.128. The van der Waals surface area contributed by atoms with E-state index in [0.717, 1.165) is 22.0 Å². The predicted octanol–water partition coefficient (Wildman–Crippen LogP) is 4.16. The molecule has 0 atom stereocenters. The van der Waals surface area contributed by atoms with Crippen molar-refractivity contribution in [3.8, 4) is 5.75 Å². The van der Waals surface area contributed by atoms with Crippen LogP contribution in [0.25, 0.3) is 17.0 Å². The van der Waals surface area contributed by atoms with Gasteiger partial charge in [0.05, 0.1) is 5.52 Å². The van der Waals surface area contributed by atoms with E-state index in [9.17, 15) is 4.79 Å². The molecule has 3 nitrogen and oxygen atoms in total. The van der Waals surface area contributed by atoms with E-state index >= 15 is 0 Å². The predicted molar refractivity (Wildman–Crippen MR) is 87.6 cm³/mol. The average Bonchev–Trinajstić information content (AvgIpc) is 2.55. The van der Waals surface area contributed by atoms with E-state index < -0.39 is 5.97 Å². The fourth-order valence-electron chi connectivity index (χ4n) is 2.18. The third kappa shape index (κ3) is 3.20. The number of hydrogen-bond donors (Lipinski definition) is 0. The Balaban J connectivity index is 1.78. The molecule has 0 amide bonds. The topological polar surface area (TPSA) is 39.2 Å². The number of aromatic nitrogens is 1. The summed E-state index contributed by atoms with van der Waals surface area (Å²) in [4.78, 5) is 16.2. The highest BCUT2D eigenvalue weighted by molar-refractivity contribution is 5.93. The molecular weight excluding hydrogens is 274 g/mol. The van der Waals surface area contributed by atoms with Gasteiger partial charge in [0.25, 0.3) is 0 Å². The van der Waals surface area contributed by atoms with Crippen molar-refractivity contribution in [3.63, 3.8) is 0 Å². The standard InChI is InChI=1S/C19H15NO2/c1-14-7-10-17(11-8-14)22-18(21)12-9-16-5-2-4-15-6-3-13-20-19(15)16/h2-13H,1H3/b12-9+. The minimum Gasteiger partial charge on any atom is -0.423 e. The molecule has 0 aliphatic carbocycles. The number of carbonyl (C=O) groups is 1. The number of para-hydroxylation sites is 1. The molecule has 1 heterocycles. The number of hydrogen-bond acceptors (Lipinski definition) is 3. The highest BCUT2D eigenvalue weighted by Gasteiger charge is 2.02. The molecular formula is C19H15NO2. The Bertz CT molecular complexity index is 830. The molecule has 22 heavy (non-hydrogen) atoms. The molecule has 1 aromatic heterocycles. The van der Waals surface area contributed by atoms with E-state index in [4.69, 9.17) is 4.74 Å². The summed E-state index contributed by atoms with van der Waals surface area (Å²) in [7, 11) is 0. The number of aryl methyl sites for hydroxylation is 1. The van der Waals surface area contributed by atoms with Crippen molar-refractivity contribution < 1.29 is 9.53 Å². The van der Waals surface area contributed by atoms with Crippen LogP contribution in [0.5, 0.6) is 5.75 Å². The Hall–Kier alpha value is -2.94. The van der Waals surface area contributed by atoms with E-state index in [0.29, 0.717) is 5.75 Å². The molecule has 0 saturated carbocycles. The van der Waals surface area contributed by atoms with Gasteiger partial charge in [0.15, 0.2) is 0 Å². The number of ether oxygens (including phenoxy) is 1. The van der Waals surface area contributed by atoms with Gasteiger partial charge in [-0.15, -0.1) is 0 Å². The van der Waals surface area contributed by atoms with E-state index in [1.807, 2.05) is 49.4 Å². The molecule has 3 heteroatoms. The molecule has 0 aliphatic heterocycles. The molecule has 0 radical (unpaired) electrons. The first-order valence-corrected chi connectivity index (χ1v) is 7.03. The minimum absolute atomic E-state index is 0.406. The number of esters is 1. The van der Waals surface area contributed by atoms with Crippen LogP contribution in [0.2, 0.25) is 0 Å². The monoisotopic (exact) mass is 289 g/mol. The molecule has 0 fully saturated rings. The lowest BCUT2D eigenvalue weighted by Gasteiger charge is -2.02. The molecule has 0 spiro atoms. The van der Waals surface area contributed by atoms with E-state index in [-0.39, 0.29) is 0 Å². The lowest BCUT2D eigenvalue weighted by Crippen LogP contribution is -2.03. The number of pyridine rings is 1. The van der Waals surface area contributed by atoms with Crippen LogP contribution >= 0.6 is 0 Å². The first-order chi connectivity index (χ1) is 10.7. The van der Waals surface area contributed by atoms with Crippen molar-refractivity contribution in [1.29, 1.82) is 0 Å². The summed E-state index contributed by atoms with van der Waals surface area (Å²) >= 11 is 0.